The number of aryl methyl sites for hydroxylation is 1. The molecule has 102 valence electrons. The standard InChI is InChI=1S/C16H22N2O/c1-2-3-12-4-6-13(7-5-12)15(17)10-11-16(18)19-14-8-9-14/h4-7,10-11,14H,2-3,8-9,17-18H2,1H3/b15-10-,16-11+. The van der Waals surface area contributed by atoms with Crippen LogP contribution in [0.4, 0.5) is 0 Å². The summed E-state index contributed by atoms with van der Waals surface area (Å²) in [6.45, 7) is 2.18. The van der Waals surface area contributed by atoms with E-state index in [0.29, 0.717) is 17.7 Å². The average molecular weight is 258 g/mol. The normalized spacial score (nSPS) is 16.5. The molecule has 1 aliphatic rings. The predicted octanol–water partition coefficient (Wildman–Crippen LogP) is 2.92. The zero-order valence-electron chi connectivity index (χ0n) is 11.4. The lowest BCUT2D eigenvalue weighted by molar-refractivity contribution is 0.194. The second-order valence-electron chi connectivity index (χ2n) is 4.96. The molecule has 0 unspecified atom stereocenters. The Morgan fingerprint density at radius 3 is 2.47 bits per heavy atom. The van der Waals surface area contributed by atoms with E-state index in [9.17, 15) is 0 Å². The second-order valence-corrected chi connectivity index (χ2v) is 4.96. The molecule has 0 spiro atoms. The summed E-state index contributed by atoms with van der Waals surface area (Å²) in [6, 6.07) is 8.33. The summed E-state index contributed by atoms with van der Waals surface area (Å²) in [5.74, 6) is 0.438. The molecule has 0 radical (unpaired) electrons. The largest absolute Gasteiger partial charge is 0.476 e. The van der Waals surface area contributed by atoms with Crippen LogP contribution in [0.5, 0.6) is 0 Å². The molecule has 1 aromatic carbocycles. The summed E-state index contributed by atoms with van der Waals surface area (Å²) < 4.78 is 5.44. The van der Waals surface area contributed by atoms with Crippen molar-refractivity contribution in [2.45, 2.75) is 38.7 Å². The van der Waals surface area contributed by atoms with Gasteiger partial charge in [0.25, 0.3) is 0 Å². The van der Waals surface area contributed by atoms with Gasteiger partial charge in [-0.3, -0.25) is 0 Å². The van der Waals surface area contributed by atoms with E-state index in [0.717, 1.165) is 31.2 Å². The van der Waals surface area contributed by atoms with Crippen LogP contribution in [0.2, 0.25) is 0 Å². The van der Waals surface area contributed by atoms with Crippen molar-refractivity contribution in [1.82, 2.24) is 0 Å². The number of allylic oxidation sites excluding steroid dienone is 2. The van der Waals surface area contributed by atoms with Gasteiger partial charge in [-0.15, -0.1) is 0 Å². The molecule has 1 saturated carbocycles. The molecule has 3 nitrogen and oxygen atoms in total. The van der Waals surface area contributed by atoms with Crippen molar-refractivity contribution >= 4 is 5.70 Å². The minimum absolute atomic E-state index is 0.319. The van der Waals surface area contributed by atoms with E-state index in [1.807, 2.05) is 12.1 Å². The fourth-order valence-electron chi connectivity index (χ4n) is 1.84. The smallest absolute Gasteiger partial charge is 0.184 e. The lowest BCUT2D eigenvalue weighted by Gasteiger charge is -2.04. The Bertz CT molecular complexity index is 470. The minimum atomic E-state index is 0.319. The summed E-state index contributed by atoms with van der Waals surface area (Å²) in [5.41, 5.74) is 14.8. The number of hydrogen-bond donors (Lipinski definition) is 2. The number of hydrogen-bond acceptors (Lipinski definition) is 3. The maximum absolute atomic E-state index is 6.02. The van der Waals surface area contributed by atoms with Gasteiger partial charge in [-0.1, -0.05) is 37.6 Å². The molecule has 1 fully saturated rings. The summed E-state index contributed by atoms with van der Waals surface area (Å²) in [4.78, 5) is 0. The van der Waals surface area contributed by atoms with E-state index in [1.165, 1.54) is 5.56 Å². The van der Waals surface area contributed by atoms with Gasteiger partial charge < -0.3 is 16.2 Å². The summed E-state index contributed by atoms with van der Waals surface area (Å²) in [5, 5.41) is 0. The van der Waals surface area contributed by atoms with Gasteiger partial charge in [-0.05, 0) is 42.5 Å². The van der Waals surface area contributed by atoms with Crippen molar-refractivity contribution in [3.8, 4) is 0 Å². The molecule has 0 amide bonds. The molecule has 1 aliphatic carbocycles. The van der Waals surface area contributed by atoms with Gasteiger partial charge in [0.05, 0.1) is 0 Å². The fraction of sp³-hybridized carbons (Fsp3) is 0.375. The summed E-state index contributed by atoms with van der Waals surface area (Å²) in [6.07, 6.45) is 8.31. The minimum Gasteiger partial charge on any atom is -0.476 e. The van der Waals surface area contributed by atoms with Gasteiger partial charge in [-0.25, -0.2) is 0 Å². The Labute approximate surface area is 114 Å². The van der Waals surface area contributed by atoms with Crippen LogP contribution in [0, 0.1) is 0 Å². The van der Waals surface area contributed by atoms with Crippen LogP contribution >= 0.6 is 0 Å². The van der Waals surface area contributed by atoms with Gasteiger partial charge in [0.1, 0.15) is 6.10 Å². The van der Waals surface area contributed by atoms with Gasteiger partial charge >= 0.3 is 0 Å². The quantitative estimate of drug-likeness (QED) is 0.609. The number of ether oxygens (including phenoxy) is 1. The molecule has 3 heteroatoms. The predicted molar refractivity (Wildman–Crippen MR) is 79.0 cm³/mol. The van der Waals surface area contributed by atoms with Crippen LogP contribution in [0.25, 0.3) is 5.70 Å². The monoisotopic (exact) mass is 258 g/mol. The average Bonchev–Trinajstić information content (AvgIpc) is 3.21. The first-order chi connectivity index (χ1) is 9.19. The van der Waals surface area contributed by atoms with Crippen LogP contribution in [0.3, 0.4) is 0 Å². The first-order valence-corrected chi connectivity index (χ1v) is 6.88. The Kier molecular flexibility index (Phi) is 4.50. The van der Waals surface area contributed by atoms with Crippen molar-refractivity contribution in [3.63, 3.8) is 0 Å². The van der Waals surface area contributed by atoms with Gasteiger partial charge in [0.15, 0.2) is 5.88 Å². The molecule has 4 N–H and O–H groups in total. The maximum atomic E-state index is 6.02. The van der Waals surface area contributed by atoms with E-state index in [-0.39, 0.29) is 0 Å². The third-order valence-corrected chi connectivity index (χ3v) is 3.08. The highest BCUT2D eigenvalue weighted by Gasteiger charge is 2.23. The molecular weight excluding hydrogens is 236 g/mol. The first-order valence-electron chi connectivity index (χ1n) is 6.88. The second kappa shape index (κ2) is 6.32. The first kappa shape index (κ1) is 13.5. The zero-order valence-corrected chi connectivity index (χ0v) is 11.4. The summed E-state index contributed by atoms with van der Waals surface area (Å²) >= 11 is 0. The van der Waals surface area contributed by atoms with Crippen LogP contribution in [0.1, 0.15) is 37.3 Å². The number of nitrogens with two attached hydrogens (primary N) is 2. The SMILES string of the molecule is CCCc1ccc(/C(N)=C/C=C(\N)OC2CC2)cc1. The Morgan fingerprint density at radius 2 is 1.89 bits per heavy atom. The Balaban J connectivity index is 1.98. The lowest BCUT2D eigenvalue weighted by atomic mass is 10.1. The zero-order chi connectivity index (χ0) is 13.7. The van der Waals surface area contributed by atoms with E-state index in [4.69, 9.17) is 16.2 Å². The van der Waals surface area contributed by atoms with Crippen molar-refractivity contribution < 1.29 is 4.74 Å². The third kappa shape index (κ3) is 4.36. The number of rotatable bonds is 6. The maximum Gasteiger partial charge on any atom is 0.184 e. The Morgan fingerprint density at radius 1 is 1.21 bits per heavy atom. The number of benzene rings is 1. The third-order valence-electron chi connectivity index (χ3n) is 3.08. The topological polar surface area (TPSA) is 61.3 Å². The van der Waals surface area contributed by atoms with E-state index < -0.39 is 0 Å². The van der Waals surface area contributed by atoms with Crippen molar-refractivity contribution in [2.75, 3.05) is 0 Å². The van der Waals surface area contributed by atoms with Gasteiger partial charge in [0, 0.05) is 5.70 Å². The molecular formula is C16H22N2O. The molecule has 0 atom stereocenters. The molecule has 0 bridgehead atoms. The molecule has 2 rings (SSSR count). The molecule has 0 aliphatic heterocycles. The molecule has 1 aromatic rings. The van der Waals surface area contributed by atoms with E-state index in [2.05, 4.69) is 19.1 Å². The summed E-state index contributed by atoms with van der Waals surface area (Å²) in [7, 11) is 0. The van der Waals surface area contributed by atoms with Crippen molar-refractivity contribution in [2.24, 2.45) is 11.5 Å². The molecule has 0 saturated heterocycles. The highest BCUT2D eigenvalue weighted by molar-refractivity contribution is 5.64. The molecule has 19 heavy (non-hydrogen) atoms. The van der Waals surface area contributed by atoms with Crippen LogP contribution in [0.15, 0.2) is 42.3 Å². The van der Waals surface area contributed by atoms with Crippen LogP contribution in [-0.4, -0.2) is 6.10 Å². The Hall–Kier alpha value is -1.90. The van der Waals surface area contributed by atoms with Gasteiger partial charge in [0.2, 0.25) is 0 Å². The van der Waals surface area contributed by atoms with Crippen molar-refractivity contribution in [1.29, 1.82) is 0 Å². The highest BCUT2D eigenvalue weighted by Crippen LogP contribution is 2.25. The highest BCUT2D eigenvalue weighted by atomic mass is 16.5. The van der Waals surface area contributed by atoms with Crippen LogP contribution in [-0.2, 0) is 11.2 Å². The molecule has 0 heterocycles. The fourth-order valence-corrected chi connectivity index (χ4v) is 1.84. The molecule has 0 aromatic heterocycles. The van der Waals surface area contributed by atoms with E-state index >= 15 is 0 Å². The van der Waals surface area contributed by atoms with Crippen LogP contribution < -0.4 is 11.5 Å². The lowest BCUT2D eigenvalue weighted by Crippen LogP contribution is -2.04. The van der Waals surface area contributed by atoms with E-state index in [1.54, 1.807) is 12.2 Å². The van der Waals surface area contributed by atoms with Gasteiger partial charge in [-0.2, -0.15) is 0 Å². The van der Waals surface area contributed by atoms with Crippen molar-refractivity contribution in [3.05, 3.63) is 53.4 Å².